The van der Waals surface area contributed by atoms with Crippen LogP contribution in [-0.2, 0) is 0 Å². The van der Waals surface area contributed by atoms with Gasteiger partial charge in [0, 0.05) is 58.6 Å². The highest BCUT2D eigenvalue weighted by Gasteiger charge is 2.29. The molecule has 6 heteroatoms. The maximum atomic E-state index is 6.77. The lowest BCUT2D eigenvalue weighted by Crippen LogP contribution is -2.33. The molecular weight excluding hydrogens is 707 g/mol. The summed E-state index contributed by atoms with van der Waals surface area (Å²) in [5.74, 6) is 2.65. The predicted octanol–water partition coefficient (Wildman–Crippen LogP) is 13.5. The van der Waals surface area contributed by atoms with Gasteiger partial charge in [-0.3, -0.25) is 0 Å². The average molecular weight is 740 g/mol. The van der Waals surface area contributed by atoms with E-state index in [1.165, 1.54) is 31.1 Å². The van der Waals surface area contributed by atoms with Crippen LogP contribution in [0.1, 0.15) is 53.4 Å². The van der Waals surface area contributed by atoms with Gasteiger partial charge in [-0.05, 0) is 76.7 Å². The molecule has 0 fully saturated rings. The summed E-state index contributed by atoms with van der Waals surface area (Å²) >= 11 is 1.82. The standard InChI is InChI=1S/C50H33N3O2S/c1-28-11-8-20-40-44(28)46-38(26-32(27-42(46)55-40)33-16-10-21-41-45(33)36-15-4-6-19-39(36)54-41)50-52-48(31-24-23-29-12-2-3-13-30(29)25-31)51-49(53-50)37-18-9-17-35-34-14-5-7-22-43(34)56-47(35)37/h2-10,12-28,49H,11H2,1H3,(H,51,52,53). The summed E-state index contributed by atoms with van der Waals surface area (Å²) in [6.45, 7) is 2.28. The SMILES string of the molecule is CC1CC=Cc2oc3cc(-c4cccc5oc6ccccc6c45)cc(C4=NC(c5cccc6c5sc5ccccc56)NC(c5ccc6ccccc6c5)=N4)c3c21. The summed E-state index contributed by atoms with van der Waals surface area (Å²) in [4.78, 5) is 11.0. The van der Waals surface area contributed by atoms with E-state index in [0.29, 0.717) is 5.84 Å². The van der Waals surface area contributed by atoms with Gasteiger partial charge in [-0.1, -0.05) is 116 Å². The van der Waals surface area contributed by atoms with Gasteiger partial charge < -0.3 is 14.2 Å². The minimum absolute atomic E-state index is 0.274. The van der Waals surface area contributed by atoms with Crippen LogP contribution in [-0.4, -0.2) is 11.7 Å². The van der Waals surface area contributed by atoms with Crippen LogP contribution in [0.25, 0.3) is 81.1 Å². The molecule has 0 saturated heterocycles. The summed E-state index contributed by atoms with van der Waals surface area (Å²) in [5.41, 5.74) is 8.97. The molecule has 56 heavy (non-hydrogen) atoms. The molecule has 7 aromatic carbocycles. The molecule has 2 atom stereocenters. The van der Waals surface area contributed by atoms with E-state index in [4.69, 9.17) is 18.8 Å². The van der Waals surface area contributed by atoms with Crippen molar-refractivity contribution in [1.29, 1.82) is 0 Å². The van der Waals surface area contributed by atoms with Crippen LogP contribution >= 0.6 is 11.3 Å². The molecule has 2 unspecified atom stereocenters. The molecule has 2 aliphatic rings. The van der Waals surface area contributed by atoms with Crippen molar-refractivity contribution >= 4 is 92.9 Å². The molecule has 12 rings (SSSR count). The van der Waals surface area contributed by atoms with Crippen LogP contribution in [0.15, 0.2) is 164 Å². The monoisotopic (exact) mass is 739 g/mol. The Hall–Kier alpha value is -6.76. The van der Waals surface area contributed by atoms with E-state index in [-0.39, 0.29) is 12.1 Å². The number of thiophene rings is 1. The third-order valence-electron chi connectivity index (χ3n) is 11.6. The average Bonchev–Trinajstić information content (AvgIpc) is 3.95. The number of amidine groups is 2. The van der Waals surface area contributed by atoms with Gasteiger partial charge >= 0.3 is 0 Å². The van der Waals surface area contributed by atoms with Crippen molar-refractivity contribution in [2.45, 2.75) is 25.4 Å². The third kappa shape index (κ3) is 4.79. The molecule has 1 aliphatic heterocycles. The number of para-hydroxylation sites is 1. The molecule has 3 aromatic heterocycles. The lowest BCUT2D eigenvalue weighted by Gasteiger charge is -2.25. The molecule has 0 bridgehead atoms. The highest BCUT2D eigenvalue weighted by molar-refractivity contribution is 7.26. The zero-order chi connectivity index (χ0) is 36.9. The number of fused-ring (bicyclic) bond motifs is 10. The van der Waals surface area contributed by atoms with Crippen molar-refractivity contribution in [2.75, 3.05) is 0 Å². The first-order chi connectivity index (χ1) is 27.6. The van der Waals surface area contributed by atoms with E-state index in [1.54, 1.807) is 0 Å². The lowest BCUT2D eigenvalue weighted by molar-refractivity contribution is 0.586. The van der Waals surface area contributed by atoms with E-state index in [9.17, 15) is 0 Å². The summed E-state index contributed by atoms with van der Waals surface area (Å²) in [6.07, 6.45) is 4.90. The topological polar surface area (TPSA) is 63.0 Å². The molecule has 266 valence electrons. The molecule has 0 amide bonds. The van der Waals surface area contributed by atoms with Crippen LogP contribution in [0.2, 0.25) is 0 Å². The molecule has 1 aliphatic carbocycles. The van der Waals surface area contributed by atoms with Gasteiger partial charge in [0.15, 0.2) is 5.84 Å². The van der Waals surface area contributed by atoms with Crippen molar-refractivity contribution in [3.63, 3.8) is 0 Å². The van der Waals surface area contributed by atoms with Gasteiger partial charge in [0.2, 0.25) is 0 Å². The second-order valence-corrected chi connectivity index (χ2v) is 16.0. The summed E-state index contributed by atoms with van der Waals surface area (Å²) in [7, 11) is 0. The Bertz CT molecular complexity index is 3360. The van der Waals surface area contributed by atoms with Crippen LogP contribution in [0.5, 0.6) is 0 Å². The quantitative estimate of drug-likeness (QED) is 0.195. The van der Waals surface area contributed by atoms with Crippen molar-refractivity contribution in [1.82, 2.24) is 5.32 Å². The zero-order valence-corrected chi connectivity index (χ0v) is 31.2. The van der Waals surface area contributed by atoms with E-state index in [2.05, 4.69) is 146 Å². The second-order valence-electron chi connectivity index (χ2n) is 14.9. The molecule has 5 nitrogen and oxygen atoms in total. The Kier molecular flexibility index (Phi) is 6.83. The first-order valence-electron chi connectivity index (χ1n) is 19.1. The van der Waals surface area contributed by atoms with Crippen LogP contribution in [0.3, 0.4) is 0 Å². The van der Waals surface area contributed by atoms with Gasteiger partial charge in [-0.2, -0.15) is 0 Å². The Balaban J connectivity index is 1.14. The third-order valence-corrected chi connectivity index (χ3v) is 12.8. The fraction of sp³-hybridized carbons (Fsp3) is 0.0800. The van der Waals surface area contributed by atoms with Gasteiger partial charge in [-0.15, -0.1) is 11.3 Å². The number of rotatable bonds is 4. The van der Waals surface area contributed by atoms with Gasteiger partial charge in [0.05, 0.1) is 0 Å². The van der Waals surface area contributed by atoms with E-state index in [1.807, 2.05) is 29.5 Å². The molecule has 10 aromatic rings. The number of nitrogens with one attached hydrogen (secondary N) is 1. The number of nitrogens with zero attached hydrogens (tertiary/aromatic N) is 2. The highest BCUT2D eigenvalue weighted by Crippen LogP contribution is 2.45. The number of benzene rings is 7. The summed E-state index contributed by atoms with van der Waals surface area (Å²) < 4.78 is 15.6. The number of hydrogen-bond acceptors (Lipinski definition) is 6. The molecule has 0 radical (unpaired) electrons. The van der Waals surface area contributed by atoms with Crippen LogP contribution in [0, 0.1) is 0 Å². The highest BCUT2D eigenvalue weighted by atomic mass is 32.1. The van der Waals surface area contributed by atoms with Crippen molar-refractivity contribution < 1.29 is 8.83 Å². The minimum Gasteiger partial charge on any atom is -0.456 e. The van der Waals surface area contributed by atoms with Crippen molar-refractivity contribution in [3.8, 4) is 11.1 Å². The number of allylic oxidation sites excluding steroid dienone is 1. The predicted molar refractivity (Wildman–Crippen MR) is 233 cm³/mol. The number of furan rings is 2. The summed E-state index contributed by atoms with van der Waals surface area (Å²) in [6, 6.07) is 49.3. The fourth-order valence-corrected chi connectivity index (χ4v) is 10.2. The molecule has 4 heterocycles. The van der Waals surface area contributed by atoms with Gasteiger partial charge in [0.25, 0.3) is 0 Å². The molecule has 1 N–H and O–H groups in total. The Morgan fingerprint density at radius 2 is 1.45 bits per heavy atom. The smallest absolute Gasteiger partial charge is 0.160 e. The fourth-order valence-electron chi connectivity index (χ4n) is 8.92. The summed E-state index contributed by atoms with van der Waals surface area (Å²) in [5, 5.41) is 11.9. The Morgan fingerprint density at radius 3 is 2.39 bits per heavy atom. The van der Waals surface area contributed by atoms with Crippen molar-refractivity contribution in [2.24, 2.45) is 9.98 Å². The van der Waals surface area contributed by atoms with E-state index < -0.39 is 0 Å². The Morgan fingerprint density at radius 1 is 0.643 bits per heavy atom. The number of aliphatic imine (C=N–C) groups is 2. The van der Waals surface area contributed by atoms with E-state index in [0.717, 1.165) is 84.1 Å². The normalized spacial score (nSPS) is 16.9. The van der Waals surface area contributed by atoms with Gasteiger partial charge in [0.1, 0.15) is 34.5 Å². The lowest BCUT2D eigenvalue weighted by atomic mass is 9.87. The molecular formula is C50H33N3O2S. The maximum absolute atomic E-state index is 6.77. The second kappa shape index (κ2) is 12.1. The largest absolute Gasteiger partial charge is 0.456 e. The minimum atomic E-state index is -0.388. The first-order valence-corrected chi connectivity index (χ1v) is 20.0. The van der Waals surface area contributed by atoms with Gasteiger partial charge in [-0.25, -0.2) is 9.98 Å². The van der Waals surface area contributed by atoms with E-state index >= 15 is 0 Å². The molecule has 0 spiro atoms. The maximum Gasteiger partial charge on any atom is 0.160 e. The van der Waals surface area contributed by atoms with Crippen molar-refractivity contribution in [3.05, 3.63) is 174 Å². The zero-order valence-electron chi connectivity index (χ0n) is 30.4. The van der Waals surface area contributed by atoms with Crippen LogP contribution < -0.4 is 5.32 Å². The molecule has 0 saturated carbocycles. The Labute approximate surface area is 325 Å². The number of hydrogen-bond donors (Lipinski definition) is 1. The first kappa shape index (κ1) is 31.6. The van der Waals surface area contributed by atoms with Crippen LogP contribution in [0.4, 0.5) is 0 Å².